The first kappa shape index (κ1) is 13.8. The monoisotopic (exact) mass is 241 g/mol. The Morgan fingerprint density at radius 3 is 2.71 bits per heavy atom. The molecule has 3 N–H and O–H groups in total. The molecule has 2 atom stereocenters. The molecule has 0 aliphatic heterocycles. The highest BCUT2D eigenvalue weighted by Crippen LogP contribution is 2.32. The first-order valence-electron chi connectivity index (χ1n) is 6.35. The fourth-order valence-corrected chi connectivity index (χ4v) is 2.47. The van der Waals surface area contributed by atoms with Crippen molar-refractivity contribution < 1.29 is 10.0 Å². The van der Waals surface area contributed by atoms with E-state index in [0.717, 1.165) is 19.3 Å². The highest BCUT2D eigenvalue weighted by Gasteiger charge is 2.32. The number of nitrogens with zero attached hydrogens (tertiary/aromatic N) is 2. The summed E-state index contributed by atoms with van der Waals surface area (Å²) in [6.07, 6.45) is 3.72. The average molecular weight is 241 g/mol. The van der Waals surface area contributed by atoms with Gasteiger partial charge in [0.1, 0.15) is 5.84 Å². The molecule has 5 heteroatoms. The third kappa shape index (κ3) is 3.61. The van der Waals surface area contributed by atoms with Gasteiger partial charge in [-0.1, -0.05) is 18.5 Å². The van der Waals surface area contributed by atoms with Crippen molar-refractivity contribution in [1.82, 2.24) is 4.90 Å². The van der Waals surface area contributed by atoms with Crippen LogP contribution in [0.5, 0.6) is 0 Å². The van der Waals surface area contributed by atoms with Gasteiger partial charge >= 0.3 is 0 Å². The maximum Gasteiger partial charge on any atom is 0.225 e. The molecule has 1 aliphatic carbocycles. The number of carbonyl (C=O) groups is 1. The molecule has 1 aliphatic rings. The Morgan fingerprint density at radius 1 is 1.53 bits per heavy atom. The highest BCUT2D eigenvalue weighted by molar-refractivity contribution is 5.82. The lowest BCUT2D eigenvalue weighted by Gasteiger charge is -2.26. The van der Waals surface area contributed by atoms with Crippen LogP contribution in [-0.4, -0.2) is 34.9 Å². The van der Waals surface area contributed by atoms with E-state index >= 15 is 0 Å². The molecule has 0 aromatic rings. The first-order chi connectivity index (χ1) is 8.10. The normalized spacial score (nSPS) is 24.9. The van der Waals surface area contributed by atoms with Crippen LogP contribution in [0, 0.1) is 11.8 Å². The molecule has 2 unspecified atom stereocenters. The topological polar surface area (TPSA) is 78.9 Å². The van der Waals surface area contributed by atoms with Gasteiger partial charge in [-0.15, -0.1) is 0 Å². The fraction of sp³-hybridized carbons (Fsp3) is 0.833. The van der Waals surface area contributed by atoms with Gasteiger partial charge in [-0.2, -0.15) is 0 Å². The minimum absolute atomic E-state index is 0.169. The lowest BCUT2D eigenvalue weighted by Crippen LogP contribution is -2.39. The van der Waals surface area contributed by atoms with Crippen molar-refractivity contribution in [3.63, 3.8) is 0 Å². The van der Waals surface area contributed by atoms with Crippen LogP contribution >= 0.6 is 0 Å². The smallest absolute Gasteiger partial charge is 0.225 e. The van der Waals surface area contributed by atoms with E-state index in [1.165, 1.54) is 0 Å². The zero-order valence-electron chi connectivity index (χ0n) is 10.7. The zero-order valence-corrected chi connectivity index (χ0v) is 10.7. The second kappa shape index (κ2) is 6.47. The van der Waals surface area contributed by atoms with Crippen molar-refractivity contribution in [2.45, 2.75) is 39.5 Å². The van der Waals surface area contributed by atoms with Gasteiger partial charge in [-0.05, 0) is 25.7 Å². The van der Waals surface area contributed by atoms with Crippen LogP contribution in [0.1, 0.15) is 39.5 Å². The summed E-state index contributed by atoms with van der Waals surface area (Å²) < 4.78 is 0. The number of amidine groups is 1. The second-order valence-corrected chi connectivity index (χ2v) is 4.77. The van der Waals surface area contributed by atoms with Crippen LogP contribution in [0.3, 0.4) is 0 Å². The van der Waals surface area contributed by atoms with Gasteiger partial charge in [0.25, 0.3) is 0 Å². The van der Waals surface area contributed by atoms with E-state index in [1.807, 2.05) is 11.8 Å². The Balaban J connectivity index is 2.51. The Bertz CT molecular complexity index is 291. The summed E-state index contributed by atoms with van der Waals surface area (Å²) in [5, 5.41) is 11.4. The Labute approximate surface area is 103 Å². The molecule has 0 bridgehead atoms. The number of nitrogens with two attached hydrogens (primary N) is 1. The molecule has 5 nitrogen and oxygen atoms in total. The Morgan fingerprint density at radius 2 is 2.24 bits per heavy atom. The van der Waals surface area contributed by atoms with Crippen molar-refractivity contribution >= 4 is 11.7 Å². The van der Waals surface area contributed by atoms with Crippen LogP contribution in [0.4, 0.5) is 0 Å². The summed E-state index contributed by atoms with van der Waals surface area (Å²) in [7, 11) is 0. The molecule has 1 amide bonds. The lowest BCUT2D eigenvalue weighted by atomic mass is 9.96. The maximum absolute atomic E-state index is 12.3. The molecule has 1 fully saturated rings. The van der Waals surface area contributed by atoms with E-state index in [1.54, 1.807) is 0 Å². The maximum atomic E-state index is 12.3. The molecule has 1 rings (SSSR count). The van der Waals surface area contributed by atoms with Gasteiger partial charge in [-0.3, -0.25) is 4.79 Å². The van der Waals surface area contributed by atoms with E-state index in [2.05, 4.69) is 12.1 Å². The molecular weight excluding hydrogens is 218 g/mol. The van der Waals surface area contributed by atoms with Crippen LogP contribution in [0.25, 0.3) is 0 Å². The van der Waals surface area contributed by atoms with Gasteiger partial charge < -0.3 is 15.8 Å². The summed E-state index contributed by atoms with van der Waals surface area (Å²) in [4.78, 5) is 14.1. The standard InChI is InChI=1S/C12H23N3O2/c1-3-15(8-7-11(13)14-17)12(16)10-6-4-5-9(10)2/h9-10,17H,3-8H2,1-2H3,(H2,13,14). The average Bonchev–Trinajstić information content (AvgIpc) is 2.75. The molecule has 1 saturated carbocycles. The summed E-state index contributed by atoms with van der Waals surface area (Å²) in [6, 6.07) is 0. The zero-order chi connectivity index (χ0) is 12.8. The molecule has 0 aromatic carbocycles. The van der Waals surface area contributed by atoms with Gasteiger partial charge in [0.05, 0.1) is 0 Å². The third-order valence-corrected chi connectivity index (χ3v) is 3.64. The van der Waals surface area contributed by atoms with Gasteiger partial charge in [-0.25, -0.2) is 0 Å². The van der Waals surface area contributed by atoms with E-state index in [0.29, 0.717) is 25.4 Å². The van der Waals surface area contributed by atoms with Crippen molar-refractivity contribution in [2.75, 3.05) is 13.1 Å². The Kier molecular flexibility index (Phi) is 5.25. The molecule has 17 heavy (non-hydrogen) atoms. The minimum Gasteiger partial charge on any atom is -0.409 e. The third-order valence-electron chi connectivity index (χ3n) is 3.64. The number of rotatable bonds is 5. The summed E-state index contributed by atoms with van der Waals surface area (Å²) in [5.41, 5.74) is 5.42. The lowest BCUT2D eigenvalue weighted by molar-refractivity contribution is -0.136. The van der Waals surface area contributed by atoms with Crippen molar-refractivity contribution in [2.24, 2.45) is 22.7 Å². The number of oxime groups is 1. The molecule has 98 valence electrons. The van der Waals surface area contributed by atoms with E-state index in [-0.39, 0.29) is 17.7 Å². The number of hydrogen-bond acceptors (Lipinski definition) is 3. The van der Waals surface area contributed by atoms with Crippen LogP contribution in [-0.2, 0) is 4.79 Å². The largest absolute Gasteiger partial charge is 0.409 e. The minimum atomic E-state index is 0.169. The van der Waals surface area contributed by atoms with Crippen LogP contribution < -0.4 is 5.73 Å². The second-order valence-electron chi connectivity index (χ2n) is 4.77. The summed E-state index contributed by atoms with van der Waals surface area (Å²) in [5.74, 6) is 1.06. The van der Waals surface area contributed by atoms with Crippen molar-refractivity contribution in [1.29, 1.82) is 0 Å². The van der Waals surface area contributed by atoms with E-state index in [9.17, 15) is 4.79 Å². The van der Waals surface area contributed by atoms with Crippen LogP contribution in [0.15, 0.2) is 5.16 Å². The highest BCUT2D eigenvalue weighted by atomic mass is 16.4. The Hall–Kier alpha value is -1.26. The molecule has 0 radical (unpaired) electrons. The van der Waals surface area contributed by atoms with Crippen molar-refractivity contribution in [3.05, 3.63) is 0 Å². The van der Waals surface area contributed by atoms with Gasteiger partial charge in [0, 0.05) is 25.4 Å². The predicted octanol–water partition coefficient (Wildman–Crippen LogP) is 1.41. The molecule has 0 spiro atoms. The number of hydrogen-bond donors (Lipinski definition) is 2. The number of amides is 1. The summed E-state index contributed by atoms with van der Waals surface area (Å²) in [6.45, 7) is 5.33. The first-order valence-corrected chi connectivity index (χ1v) is 6.35. The van der Waals surface area contributed by atoms with Gasteiger partial charge in [0.2, 0.25) is 5.91 Å². The van der Waals surface area contributed by atoms with E-state index < -0.39 is 0 Å². The fourth-order valence-electron chi connectivity index (χ4n) is 2.47. The number of carbonyl (C=O) groups excluding carboxylic acids is 1. The molecule has 0 aromatic heterocycles. The molecule has 0 heterocycles. The van der Waals surface area contributed by atoms with Crippen LogP contribution in [0.2, 0.25) is 0 Å². The quantitative estimate of drug-likeness (QED) is 0.330. The molecular formula is C12H23N3O2. The van der Waals surface area contributed by atoms with E-state index in [4.69, 9.17) is 10.9 Å². The summed E-state index contributed by atoms with van der Waals surface area (Å²) >= 11 is 0. The SMILES string of the molecule is CCN(CCC(N)=NO)C(=O)C1CCCC1C. The molecule has 0 saturated heterocycles. The predicted molar refractivity (Wildman–Crippen MR) is 66.8 cm³/mol. The van der Waals surface area contributed by atoms with Gasteiger partial charge in [0.15, 0.2) is 0 Å². The van der Waals surface area contributed by atoms with Crippen molar-refractivity contribution in [3.8, 4) is 0 Å².